The number of ether oxygens (including phenoxy) is 2. The van der Waals surface area contributed by atoms with Crippen LogP contribution >= 0.6 is 15.9 Å². The predicted octanol–water partition coefficient (Wildman–Crippen LogP) is 4.43. The molecule has 0 heterocycles. The van der Waals surface area contributed by atoms with Gasteiger partial charge in [-0.2, -0.15) is 0 Å². The first-order valence-electron chi connectivity index (χ1n) is 8.69. The Morgan fingerprint density at radius 1 is 1.08 bits per heavy atom. The van der Waals surface area contributed by atoms with Crippen molar-refractivity contribution in [1.82, 2.24) is 5.32 Å². The molecular formula is C20H25BrFNO3. The second kappa shape index (κ2) is 11.2. The number of rotatable bonds is 11. The first-order chi connectivity index (χ1) is 12.6. The molecule has 26 heavy (non-hydrogen) atoms. The van der Waals surface area contributed by atoms with Crippen LogP contribution in [0.2, 0.25) is 0 Å². The second-order valence-electron chi connectivity index (χ2n) is 5.97. The molecular weight excluding hydrogens is 401 g/mol. The third-order valence-corrected chi connectivity index (χ3v) is 4.71. The summed E-state index contributed by atoms with van der Waals surface area (Å²) in [6.07, 6.45) is 2.90. The molecule has 4 nitrogen and oxygen atoms in total. The van der Waals surface area contributed by atoms with E-state index < -0.39 is 0 Å². The van der Waals surface area contributed by atoms with Gasteiger partial charge in [-0.05, 0) is 61.2 Å². The molecule has 2 aromatic carbocycles. The summed E-state index contributed by atoms with van der Waals surface area (Å²) in [5.41, 5.74) is 1.97. The van der Waals surface area contributed by atoms with Crippen LogP contribution in [0.3, 0.4) is 0 Å². The molecule has 142 valence electrons. The van der Waals surface area contributed by atoms with Crippen molar-refractivity contribution in [1.29, 1.82) is 0 Å². The molecule has 0 bridgehead atoms. The molecule has 0 aromatic heterocycles. The molecule has 0 unspecified atom stereocenters. The standard InChI is InChI=1S/C20H25BrFNO3/c1-25-19-11-16(13-23-9-3-2-4-10-24)18(21)12-20(19)26-14-15-5-7-17(22)8-6-15/h5-8,11-12,23-24H,2-4,9-10,13-14H2,1H3. The molecule has 0 radical (unpaired) electrons. The monoisotopic (exact) mass is 425 g/mol. The van der Waals surface area contributed by atoms with Crippen molar-refractivity contribution < 1.29 is 19.0 Å². The summed E-state index contributed by atoms with van der Waals surface area (Å²) >= 11 is 3.58. The SMILES string of the molecule is COc1cc(CNCCCCCO)c(Br)cc1OCc1ccc(F)cc1. The fraction of sp³-hybridized carbons (Fsp3) is 0.400. The van der Waals surface area contributed by atoms with Gasteiger partial charge in [0, 0.05) is 17.6 Å². The summed E-state index contributed by atoms with van der Waals surface area (Å²) in [5, 5.41) is 12.2. The van der Waals surface area contributed by atoms with Crippen LogP contribution in [0.25, 0.3) is 0 Å². The van der Waals surface area contributed by atoms with Crippen molar-refractivity contribution in [2.45, 2.75) is 32.4 Å². The maximum Gasteiger partial charge on any atom is 0.162 e. The van der Waals surface area contributed by atoms with Crippen molar-refractivity contribution in [3.8, 4) is 11.5 Å². The number of aliphatic hydroxyl groups excluding tert-OH is 1. The van der Waals surface area contributed by atoms with Crippen LogP contribution in [0, 0.1) is 5.82 Å². The summed E-state index contributed by atoms with van der Waals surface area (Å²) in [6.45, 7) is 2.21. The zero-order valence-corrected chi connectivity index (χ0v) is 16.5. The molecule has 2 N–H and O–H groups in total. The van der Waals surface area contributed by atoms with Gasteiger partial charge in [0.25, 0.3) is 0 Å². The van der Waals surface area contributed by atoms with E-state index in [-0.39, 0.29) is 12.4 Å². The molecule has 2 rings (SSSR count). The lowest BCUT2D eigenvalue weighted by Crippen LogP contribution is -2.15. The maximum atomic E-state index is 13.0. The number of aliphatic hydroxyl groups is 1. The lowest BCUT2D eigenvalue weighted by atomic mass is 10.2. The van der Waals surface area contributed by atoms with Gasteiger partial charge in [0.15, 0.2) is 11.5 Å². The highest BCUT2D eigenvalue weighted by molar-refractivity contribution is 9.10. The van der Waals surface area contributed by atoms with Crippen LogP contribution in [0.1, 0.15) is 30.4 Å². The third kappa shape index (κ3) is 6.59. The average molecular weight is 426 g/mol. The van der Waals surface area contributed by atoms with Crippen LogP contribution in [-0.4, -0.2) is 25.4 Å². The van der Waals surface area contributed by atoms with E-state index >= 15 is 0 Å². The van der Waals surface area contributed by atoms with Crippen molar-refractivity contribution in [2.75, 3.05) is 20.3 Å². The molecule has 0 saturated heterocycles. The van der Waals surface area contributed by atoms with Crippen LogP contribution < -0.4 is 14.8 Å². The molecule has 0 aliphatic carbocycles. The molecule has 0 atom stereocenters. The Morgan fingerprint density at radius 3 is 2.54 bits per heavy atom. The fourth-order valence-corrected chi connectivity index (χ4v) is 2.95. The molecule has 0 spiro atoms. The highest BCUT2D eigenvalue weighted by Gasteiger charge is 2.10. The first kappa shape index (κ1) is 20.7. The van der Waals surface area contributed by atoms with Gasteiger partial charge in [0.1, 0.15) is 12.4 Å². The highest BCUT2D eigenvalue weighted by Crippen LogP contribution is 2.34. The molecule has 0 aliphatic rings. The Labute approximate surface area is 162 Å². The van der Waals surface area contributed by atoms with Gasteiger partial charge < -0.3 is 19.9 Å². The molecule has 0 fully saturated rings. The van der Waals surface area contributed by atoms with Gasteiger partial charge >= 0.3 is 0 Å². The van der Waals surface area contributed by atoms with E-state index in [1.165, 1.54) is 12.1 Å². The molecule has 2 aromatic rings. The summed E-state index contributed by atoms with van der Waals surface area (Å²) in [7, 11) is 1.61. The first-order valence-corrected chi connectivity index (χ1v) is 9.48. The van der Waals surface area contributed by atoms with E-state index in [0.29, 0.717) is 24.7 Å². The lowest BCUT2D eigenvalue weighted by molar-refractivity contribution is 0.282. The maximum absolute atomic E-state index is 13.0. The second-order valence-corrected chi connectivity index (χ2v) is 6.82. The number of unbranched alkanes of at least 4 members (excludes halogenated alkanes) is 2. The number of methoxy groups -OCH3 is 1. The zero-order valence-electron chi connectivity index (χ0n) is 14.9. The molecule has 0 aliphatic heterocycles. The molecule has 0 saturated carbocycles. The predicted molar refractivity (Wildman–Crippen MR) is 104 cm³/mol. The summed E-state index contributed by atoms with van der Waals surface area (Å²) in [4.78, 5) is 0. The summed E-state index contributed by atoms with van der Waals surface area (Å²) in [6, 6.07) is 10.1. The van der Waals surface area contributed by atoms with Crippen molar-refractivity contribution in [2.24, 2.45) is 0 Å². The number of hydrogen-bond acceptors (Lipinski definition) is 4. The Bertz CT molecular complexity index is 680. The quantitative estimate of drug-likeness (QED) is 0.522. The average Bonchev–Trinajstić information content (AvgIpc) is 2.65. The third-order valence-electron chi connectivity index (χ3n) is 3.97. The number of hydrogen-bond donors (Lipinski definition) is 2. The summed E-state index contributed by atoms with van der Waals surface area (Å²) in [5.74, 6) is 1.03. The Morgan fingerprint density at radius 2 is 1.85 bits per heavy atom. The molecule has 6 heteroatoms. The Kier molecular flexibility index (Phi) is 8.88. The Balaban J connectivity index is 1.93. The highest BCUT2D eigenvalue weighted by atomic mass is 79.9. The van der Waals surface area contributed by atoms with E-state index in [1.54, 1.807) is 19.2 Å². The van der Waals surface area contributed by atoms with E-state index in [2.05, 4.69) is 21.2 Å². The van der Waals surface area contributed by atoms with Gasteiger partial charge in [-0.25, -0.2) is 4.39 Å². The largest absolute Gasteiger partial charge is 0.493 e. The zero-order chi connectivity index (χ0) is 18.8. The van der Waals surface area contributed by atoms with Gasteiger partial charge in [0.05, 0.1) is 7.11 Å². The van der Waals surface area contributed by atoms with E-state index in [4.69, 9.17) is 14.6 Å². The number of nitrogens with one attached hydrogen (secondary N) is 1. The Hall–Kier alpha value is -1.63. The molecule has 0 amide bonds. The van der Waals surface area contributed by atoms with Gasteiger partial charge in [-0.3, -0.25) is 0 Å². The van der Waals surface area contributed by atoms with Crippen molar-refractivity contribution >= 4 is 15.9 Å². The normalized spacial score (nSPS) is 10.8. The van der Waals surface area contributed by atoms with Gasteiger partial charge in [0.2, 0.25) is 0 Å². The fourth-order valence-electron chi connectivity index (χ4n) is 2.49. The van der Waals surface area contributed by atoms with Crippen LogP contribution in [0.5, 0.6) is 11.5 Å². The van der Waals surface area contributed by atoms with Gasteiger partial charge in [-0.15, -0.1) is 0 Å². The number of benzene rings is 2. The van der Waals surface area contributed by atoms with Crippen LogP contribution in [-0.2, 0) is 13.2 Å². The van der Waals surface area contributed by atoms with Crippen LogP contribution in [0.15, 0.2) is 40.9 Å². The van der Waals surface area contributed by atoms with Gasteiger partial charge in [-0.1, -0.05) is 28.1 Å². The van der Waals surface area contributed by atoms with E-state index in [9.17, 15) is 4.39 Å². The van der Waals surface area contributed by atoms with E-state index in [0.717, 1.165) is 41.4 Å². The lowest BCUT2D eigenvalue weighted by Gasteiger charge is -2.14. The van der Waals surface area contributed by atoms with Crippen LogP contribution in [0.4, 0.5) is 4.39 Å². The smallest absolute Gasteiger partial charge is 0.162 e. The van der Waals surface area contributed by atoms with E-state index in [1.807, 2.05) is 12.1 Å². The number of halogens is 2. The minimum absolute atomic E-state index is 0.252. The topological polar surface area (TPSA) is 50.7 Å². The van der Waals surface area contributed by atoms with Crippen molar-refractivity contribution in [3.05, 3.63) is 57.8 Å². The summed E-state index contributed by atoms with van der Waals surface area (Å²) < 4.78 is 25.2. The minimum Gasteiger partial charge on any atom is -0.493 e. The van der Waals surface area contributed by atoms with Crippen molar-refractivity contribution in [3.63, 3.8) is 0 Å². The minimum atomic E-state index is -0.262.